The molecular formula is C18H17ClN4O3S. The molecule has 2 aromatic carbocycles. The molecule has 1 unspecified atom stereocenters. The Morgan fingerprint density at radius 3 is 2.44 bits per heavy atom. The molecule has 27 heavy (non-hydrogen) atoms. The van der Waals surface area contributed by atoms with Crippen molar-refractivity contribution in [3.8, 4) is 0 Å². The number of aromatic nitrogens is 3. The Bertz CT molecular complexity index is 991. The molecule has 0 saturated carbocycles. The predicted octanol–water partition coefficient (Wildman–Crippen LogP) is 2.26. The van der Waals surface area contributed by atoms with E-state index in [0.717, 1.165) is 5.56 Å². The van der Waals surface area contributed by atoms with Gasteiger partial charge >= 0.3 is 0 Å². The van der Waals surface area contributed by atoms with Crippen LogP contribution < -0.4 is 5.32 Å². The van der Waals surface area contributed by atoms with E-state index in [1.807, 2.05) is 30.3 Å². The zero-order chi connectivity index (χ0) is 19.3. The third kappa shape index (κ3) is 5.15. The number of nitrogens with one attached hydrogen (secondary N) is 1. The van der Waals surface area contributed by atoms with Crippen LogP contribution in [0.2, 0.25) is 5.02 Å². The van der Waals surface area contributed by atoms with Crippen LogP contribution in [0, 0.1) is 0 Å². The maximum absolute atomic E-state index is 12.5. The second-order valence-corrected chi connectivity index (χ2v) is 8.29. The molecule has 0 aliphatic rings. The van der Waals surface area contributed by atoms with Crippen molar-refractivity contribution in [2.75, 3.05) is 5.75 Å². The second kappa shape index (κ2) is 8.32. The van der Waals surface area contributed by atoms with Crippen molar-refractivity contribution in [3.05, 3.63) is 77.8 Å². The third-order valence-corrected chi connectivity index (χ3v) is 5.75. The Morgan fingerprint density at radius 1 is 1.11 bits per heavy atom. The van der Waals surface area contributed by atoms with Crippen molar-refractivity contribution < 1.29 is 13.2 Å². The number of carbonyl (C=O) groups excluding carboxylic acids is 1. The fourth-order valence-electron chi connectivity index (χ4n) is 2.57. The highest BCUT2D eigenvalue weighted by atomic mass is 35.5. The largest absolute Gasteiger partial charge is 0.347 e. The molecule has 9 heteroatoms. The minimum Gasteiger partial charge on any atom is -0.347 e. The van der Waals surface area contributed by atoms with Crippen LogP contribution in [-0.2, 0) is 21.2 Å². The highest BCUT2D eigenvalue weighted by molar-refractivity contribution is 7.92. The lowest BCUT2D eigenvalue weighted by Crippen LogP contribution is -2.35. The van der Waals surface area contributed by atoms with Crippen LogP contribution in [0.1, 0.15) is 11.6 Å². The van der Waals surface area contributed by atoms with Gasteiger partial charge in [0.05, 0.1) is 17.5 Å². The van der Waals surface area contributed by atoms with Gasteiger partial charge in [0.1, 0.15) is 18.4 Å². The molecule has 0 aliphatic heterocycles. The van der Waals surface area contributed by atoms with Crippen LogP contribution in [0.15, 0.2) is 72.1 Å². The number of nitrogens with zero attached hydrogens (tertiary/aromatic N) is 3. The topological polar surface area (TPSA) is 94.0 Å². The van der Waals surface area contributed by atoms with Gasteiger partial charge in [-0.25, -0.2) is 13.4 Å². The van der Waals surface area contributed by atoms with Crippen molar-refractivity contribution in [1.29, 1.82) is 0 Å². The summed E-state index contributed by atoms with van der Waals surface area (Å²) in [5.74, 6) is -1.26. The van der Waals surface area contributed by atoms with Gasteiger partial charge in [-0.3, -0.25) is 9.48 Å². The smallest absolute Gasteiger partial charge is 0.236 e. The molecule has 7 nitrogen and oxygen atoms in total. The van der Waals surface area contributed by atoms with E-state index in [1.54, 1.807) is 4.68 Å². The first-order chi connectivity index (χ1) is 12.9. The minimum atomic E-state index is -3.77. The summed E-state index contributed by atoms with van der Waals surface area (Å²) in [7, 11) is -3.77. The number of rotatable bonds is 7. The van der Waals surface area contributed by atoms with E-state index in [2.05, 4.69) is 15.4 Å². The normalized spacial score (nSPS) is 12.5. The molecule has 3 rings (SSSR count). The van der Waals surface area contributed by atoms with E-state index in [9.17, 15) is 13.2 Å². The quantitative estimate of drug-likeness (QED) is 0.651. The molecule has 1 N–H and O–H groups in total. The summed E-state index contributed by atoms with van der Waals surface area (Å²) in [6.45, 7) is 0.330. The lowest BCUT2D eigenvalue weighted by atomic mass is 10.1. The monoisotopic (exact) mass is 404 g/mol. The number of carbonyl (C=O) groups is 1. The molecule has 0 aliphatic carbocycles. The maximum Gasteiger partial charge on any atom is 0.236 e. The van der Waals surface area contributed by atoms with E-state index in [0.29, 0.717) is 11.6 Å². The number of hydrogen-bond donors (Lipinski definition) is 1. The van der Waals surface area contributed by atoms with Crippen molar-refractivity contribution in [1.82, 2.24) is 20.1 Å². The van der Waals surface area contributed by atoms with E-state index in [1.165, 1.54) is 36.9 Å². The SMILES string of the molecule is O=C(CS(=O)(=O)c1ccc(Cl)cc1)NC(Cn1cncn1)c1ccccc1. The fourth-order valence-corrected chi connectivity index (χ4v) is 3.84. The average Bonchev–Trinajstić information content (AvgIpc) is 3.15. The van der Waals surface area contributed by atoms with Crippen molar-refractivity contribution in [2.45, 2.75) is 17.5 Å². The van der Waals surface area contributed by atoms with E-state index >= 15 is 0 Å². The van der Waals surface area contributed by atoms with E-state index in [4.69, 9.17) is 11.6 Å². The lowest BCUT2D eigenvalue weighted by Gasteiger charge is -2.19. The Balaban J connectivity index is 1.75. The van der Waals surface area contributed by atoms with Gasteiger partial charge in [0.25, 0.3) is 0 Å². The van der Waals surface area contributed by atoms with Crippen LogP contribution in [0.5, 0.6) is 0 Å². The van der Waals surface area contributed by atoms with Gasteiger partial charge < -0.3 is 5.32 Å². The molecule has 1 heterocycles. The molecule has 0 radical (unpaired) electrons. The highest BCUT2D eigenvalue weighted by Crippen LogP contribution is 2.17. The Hall–Kier alpha value is -2.71. The first-order valence-electron chi connectivity index (χ1n) is 8.09. The van der Waals surface area contributed by atoms with E-state index < -0.39 is 27.5 Å². The van der Waals surface area contributed by atoms with Crippen LogP contribution >= 0.6 is 11.6 Å². The summed E-state index contributed by atoms with van der Waals surface area (Å²) < 4.78 is 26.5. The molecule has 1 aromatic heterocycles. The average molecular weight is 405 g/mol. The summed E-state index contributed by atoms with van der Waals surface area (Å²) in [5.41, 5.74) is 0.838. The van der Waals surface area contributed by atoms with Gasteiger partial charge in [-0.1, -0.05) is 41.9 Å². The first kappa shape index (κ1) is 19.1. The standard InChI is InChI=1S/C18H17ClN4O3S/c19-15-6-8-16(9-7-15)27(25,26)11-18(24)22-17(10-23-13-20-12-21-23)14-4-2-1-3-5-14/h1-9,12-13,17H,10-11H2,(H,22,24). The van der Waals surface area contributed by atoms with Crippen LogP contribution in [0.3, 0.4) is 0 Å². The molecule has 0 spiro atoms. The van der Waals surface area contributed by atoms with Gasteiger partial charge in [-0.2, -0.15) is 5.10 Å². The van der Waals surface area contributed by atoms with Gasteiger partial charge in [-0.05, 0) is 29.8 Å². The summed E-state index contributed by atoms with van der Waals surface area (Å²) in [6.07, 6.45) is 2.93. The third-order valence-electron chi connectivity index (χ3n) is 3.87. The molecule has 1 atom stereocenters. The Morgan fingerprint density at radius 2 is 1.81 bits per heavy atom. The molecular weight excluding hydrogens is 388 g/mol. The molecule has 1 amide bonds. The zero-order valence-corrected chi connectivity index (χ0v) is 15.8. The Labute approximate surface area is 161 Å². The second-order valence-electron chi connectivity index (χ2n) is 5.86. The number of amides is 1. The van der Waals surface area contributed by atoms with Crippen LogP contribution in [0.25, 0.3) is 0 Å². The first-order valence-corrected chi connectivity index (χ1v) is 10.1. The van der Waals surface area contributed by atoms with Gasteiger partial charge in [0.2, 0.25) is 5.91 Å². The van der Waals surface area contributed by atoms with Crippen molar-refractivity contribution >= 4 is 27.3 Å². The summed E-state index contributed by atoms with van der Waals surface area (Å²) in [6, 6.07) is 14.5. The fraction of sp³-hybridized carbons (Fsp3) is 0.167. The molecule has 3 aromatic rings. The lowest BCUT2D eigenvalue weighted by molar-refractivity contribution is -0.119. The number of benzene rings is 2. The summed E-state index contributed by atoms with van der Waals surface area (Å²) >= 11 is 5.78. The number of halogens is 1. The highest BCUT2D eigenvalue weighted by Gasteiger charge is 2.22. The zero-order valence-electron chi connectivity index (χ0n) is 14.2. The van der Waals surface area contributed by atoms with Gasteiger partial charge in [-0.15, -0.1) is 0 Å². The molecule has 0 saturated heterocycles. The van der Waals surface area contributed by atoms with Crippen molar-refractivity contribution in [3.63, 3.8) is 0 Å². The molecule has 140 valence electrons. The summed E-state index contributed by atoms with van der Waals surface area (Å²) in [5, 5.41) is 7.25. The van der Waals surface area contributed by atoms with Crippen LogP contribution in [-0.4, -0.2) is 34.8 Å². The maximum atomic E-state index is 12.5. The molecule has 0 fully saturated rings. The number of sulfone groups is 1. The summed E-state index contributed by atoms with van der Waals surface area (Å²) in [4.78, 5) is 16.4. The Kier molecular flexibility index (Phi) is 5.88. The molecule has 0 bridgehead atoms. The van der Waals surface area contributed by atoms with Crippen LogP contribution in [0.4, 0.5) is 0 Å². The van der Waals surface area contributed by atoms with E-state index in [-0.39, 0.29) is 4.90 Å². The van der Waals surface area contributed by atoms with Gasteiger partial charge in [0.15, 0.2) is 9.84 Å². The van der Waals surface area contributed by atoms with Crippen molar-refractivity contribution in [2.24, 2.45) is 0 Å². The number of hydrogen-bond acceptors (Lipinski definition) is 5. The minimum absolute atomic E-state index is 0.0505. The predicted molar refractivity (Wildman–Crippen MR) is 101 cm³/mol. The van der Waals surface area contributed by atoms with Gasteiger partial charge in [0, 0.05) is 5.02 Å².